The summed E-state index contributed by atoms with van der Waals surface area (Å²) >= 11 is 14.1. The van der Waals surface area contributed by atoms with Gasteiger partial charge in [-0.05, 0) is 102 Å². The normalized spacial score (nSPS) is 29.1. The Balaban J connectivity index is 0.0000121. The van der Waals surface area contributed by atoms with E-state index in [-0.39, 0.29) is 58.6 Å². The summed E-state index contributed by atoms with van der Waals surface area (Å²) < 4.78 is 38.3. The fourth-order valence-electron chi connectivity index (χ4n) is 12.6. The Morgan fingerprint density at radius 1 is 0.735 bits per heavy atom. The van der Waals surface area contributed by atoms with Gasteiger partial charge in [-0.1, -0.05) is 55.2 Å². The Morgan fingerprint density at radius 2 is 1.33 bits per heavy atom. The van der Waals surface area contributed by atoms with Crippen molar-refractivity contribution in [1.29, 1.82) is 0 Å². The topological polar surface area (TPSA) is 538 Å². The van der Waals surface area contributed by atoms with Gasteiger partial charge in [0.15, 0.2) is 29.9 Å². The number of nitrogens with two attached hydrogens (primary N) is 3. The van der Waals surface area contributed by atoms with Crippen LogP contribution in [0.2, 0.25) is 10.0 Å². The molecule has 0 unspecified atom stereocenters. The number of nitrogens with one attached hydrogen (secondary N) is 6. The molecule has 0 saturated carbocycles. The molecule has 0 spiro atoms. The Labute approximate surface area is 596 Å². The largest absolute Gasteiger partial charge is 0.548 e. The SMILES string of the molecule is C[NH2+][C@H](CC(C)C)C(=O)N[C@H]1C(=O)N[C@@H](CC(N)=O)C(=O)N[C@H]2C(=O)N[C@H]3C(=O)N[C@H](C(=O)N[C@@H](C(=O)[O-])c4cc(O)cc(O)c4-c4cc3ccc4O)[C@H](O)c3ccc(c(Cl)c3)Oc3cc2cc(c3O[C@@H]2O[C@H](CO)[C@@H](O)[C@H](O)[C@H]2O[C@H]2C[C@](C)(N)[C@H](O)[C@H](C)O2)Oc2ccc(cc2Cl)[C@H]1O.Cl. The lowest BCUT2D eigenvalue weighted by Gasteiger charge is -2.47. The van der Waals surface area contributed by atoms with Crippen molar-refractivity contribution in [2.24, 2.45) is 17.4 Å². The highest BCUT2D eigenvalue weighted by molar-refractivity contribution is 6.32. The minimum Gasteiger partial charge on any atom is -0.548 e. The number of carbonyl (C=O) groups excluding carboxylic acids is 8. The summed E-state index contributed by atoms with van der Waals surface area (Å²) in [4.78, 5) is 117. The number of carboxylic acid groups (broad SMARTS) is 1. The van der Waals surface area contributed by atoms with Gasteiger partial charge in [0, 0.05) is 35.6 Å². The Hall–Kier alpha value is -8.91. The number of halogens is 3. The molecule has 18 atom stereocenters. The number of likely N-dealkylation sites (N-methyl/N-ethyl adjacent to an activating group) is 1. The van der Waals surface area contributed by atoms with Crippen molar-refractivity contribution < 1.29 is 123 Å². The van der Waals surface area contributed by atoms with Crippen molar-refractivity contribution in [3.05, 3.63) is 117 Å². The first-order chi connectivity index (χ1) is 47.7. The Kier molecular flexibility index (Phi) is 23.8. The molecule has 7 heterocycles. The van der Waals surface area contributed by atoms with Crippen LogP contribution < -0.4 is 68.0 Å². The van der Waals surface area contributed by atoms with Crippen molar-refractivity contribution >= 4 is 82.9 Å². The molecular formula is C66H76Cl3N9O24. The molecule has 0 aliphatic carbocycles. The number of amides is 7. The number of carbonyl (C=O) groups is 8. The molecule has 0 radical (unpaired) electrons. The number of phenolic OH excluding ortho intramolecular Hbond substituents is 3. The van der Waals surface area contributed by atoms with Crippen LogP contribution in [0, 0.1) is 5.92 Å². The number of benzene rings is 5. The zero-order valence-electron chi connectivity index (χ0n) is 54.8. The fourth-order valence-corrected chi connectivity index (χ4v) is 13.0. The summed E-state index contributed by atoms with van der Waals surface area (Å²) in [6.45, 7) is 5.69. The maximum Gasteiger partial charge on any atom is 0.278 e. The number of ether oxygens (including phenoxy) is 6. The van der Waals surface area contributed by atoms with E-state index in [1.807, 2.05) is 13.8 Å². The van der Waals surface area contributed by atoms with E-state index in [0.717, 1.165) is 66.7 Å². The van der Waals surface area contributed by atoms with E-state index in [1.54, 1.807) is 12.4 Å². The van der Waals surface area contributed by atoms with Gasteiger partial charge < -0.3 is 133 Å². The first-order valence-electron chi connectivity index (χ1n) is 31.7. The summed E-state index contributed by atoms with van der Waals surface area (Å²) in [5, 5.41) is 132. The maximum absolute atomic E-state index is 16.0. The predicted octanol–water partition coefficient (Wildman–Crippen LogP) is -1.83. The molecule has 7 aliphatic heterocycles. The van der Waals surface area contributed by atoms with Crippen LogP contribution >= 0.6 is 35.6 Å². The number of aliphatic hydroxyl groups is 6. The highest BCUT2D eigenvalue weighted by Gasteiger charge is 2.51. The Bertz CT molecular complexity index is 4080. The predicted molar refractivity (Wildman–Crippen MR) is 353 cm³/mol. The van der Waals surface area contributed by atoms with Crippen molar-refractivity contribution in [3.8, 4) is 57.1 Å². The second-order valence-corrected chi connectivity index (χ2v) is 26.6. The van der Waals surface area contributed by atoms with Crippen LogP contribution in [0.25, 0.3) is 11.1 Å². The number of aliphatic carboxylic acids is 1. The molecule has 0 aromatic heterocycles. The highest BCUT2D eigenvalue weighted by atomic mass is 35.5. The zero-order chi connectivity index (χ0) is 73.5. The van der Waals surface area contributed by atoms with Gasteiger partial charge in [-0.2, -0.15) is 0 Å². The van der Waals surface area contributed by atoms with Crippen LogP contribution in [0.1, 0.15) is 105 Å². The van der Waals surface area contributed by atoms with E-state index in [9.17, 15) is 75.0 Å². The second kappa shape index (κ2) is 31.4. The number of quaternary nitrogens is 1. The molecule has 7 aliphatic rings. The van der Waals surface area contributed by atoms with Crippen molar-refractivity contribution in [2.45, 2.75) is 156 Å². The van der Waals surface area contributed by atoms with Crippen LogP contribution in [-0.2, 0) is 52.6 Å². The highest BCUT2D eigenvalue weighted by Crippen LogP contribution is 2.50. The molecular weight excluding hydrogens is 1410 g/mol. The Morgan fingerprint density at radius 3 is 1.91 bits per heavy atom. The van der Waals surface area contributed by atoms with Gasteiger partial charge in [0.25, 0.3) is 5.91 Å². The van der Waals surface area contributed by atoms with Gasteiger partial charge in [-0.15, -0.1) is 12.4 Å². The lowest BCUT2D eigenvalue weighted by molar-refractivity contribution is -0.651. The lowest BCUT2D eigenvalue weighted by Crippen LogP contribution is -2.89. The summed E-state index contributed by atoms with van der Waals surface area (Å²) in [6.07, 6.45) is -18.5. The van der Waals surface area contributed by atoms with E-state index in [2.05, 4.69) is 31.9 Å². The zero-order valence-corrected chi connectivity index (χ0v) is 57.1. The molecule has 102 heavy (non-hydrogen) atoms. The standard InChI is InChI=1S/C66H75Cl2N9O24.ClH/c1-23(2)12-34(71-5)58(88)76-49-51(83)26-7-10-38(32(67)14-26)97-40-16-28-17-41(55(40)101-65-56(54(86)53(85)42(22-78)99-65)100-44-21-66(4,70)57(87)24(3)96-44)98-39-11-8-27(15-33(39)68)52(84)50-63(93)75-48(64(94)95)31-18-29(79)19-37(81)45(31)30-13-25(6-9-36(30)80)46(60(90)77-50)74-61(91)47(28)73-59(89)35(20-43(69)82)72-62(49)92;/h6-11,13-19,23-24,34-35,42,44,46-54,56-57,65,71,78-81,83-87H,12,20-22,70H2,1-5H3,(H2,69,82)(H,72,92)(H,73,89)(H,74,91)(H,75,93)(H,76,88)(H,77,90)(H,94,95);1H/t24-,34+,35-,42+,44-,46+,47+,48+,49+,50-,51+,52+,53+,54-,56+,57+,65-,66-;/m0./s1. The van der Waals surface area contributed by atoms with Gasteiger partial charge >= 0.3 is 0 Å². The third-order valence-corrected chi connectivity index (χ3v) is 18.4. The smallest absolute Gasteiger partial charge is 0.278 e. The molecule has 11 bridgehead atoms. The van der Waals surface area contributed by atoms with Crippen molar-refractivity contribution in [2.75, 3.05) is 13.7 Å². The molecule has 5 aromatic rings. The first kappa shape index (κ1) is 77.3. The monoisotopic (exact) mass is 1480 g/mol. The van der Waals surface area contributed by atoms with Gasteiger partial charge in [0.05, 0.1) is 54.3 Å². The average Bonchev–Trinajstić information content (AvgIpc) is 0.773. The summed E-state index contributed by atoms with van der Waals surface area (Å²) in [5.74, 6) is -16.3. The lowest BCUT2D eigenvalue weighted by atomic mass is 9.86. The van der Waals surface area contributed by atoms with E-state index in [1.165, 1.54) is 26.0 Å². The van der Waals surface area contributed by atoms with Crippen LogP contribution in [0.4, 0.5) is 0 Å². The van der Waals surface area contributed by atoms with Crippen LogP contribution in [0.15, 0.2) is 78.9 Å². The minimum absolute atomic E-state index is 0. The minimum atomic E-state index is -2.36. The van der Waals surface area contributed by atoms with Crippen molar-refractivity contribution in [1.82, 2.24) is 31.9 Å². The molecule has 2 saturated heterocycles. The number of hydrogen-bond donors (Lipinski definition) is 18. The van der Waals surface area contributed by atoms with Crippen LogP contribution in [0.3, 0.4) is 0 Å². The van der Waals surface area contributed by atoms with E-state index >= 15 is 14.4 Å². The summed E-state index contributed by atoms with van der Waals surface area (Å²) in [5.41, 5.74) is 7.85. The quantitative estimate of drug-likeness (QED) is 0.0616. The van der Waals surface area contributed by atoms with E-state index < -0.39 is 237 Å². The second-order valence-electron chi connectivity index (χ2n) is 25.8. The first-order valence-corrected chi connectivity index (χ1v) is 32.5. The van der Waals surface area contributed by atoms with E-state index in [0.29, 0.717) is 0 Å². The summed E-state index contributed by atoms with van der Waals surface area (Å²) in [7, 11) is 1.60. The number of aromatic hydroxyl groups is 3. The summed E-state index contributed by atoms with van der Waals surface area (Å²) in [6, 6.07) is -0.806. The van der Waals surface area contributed by atoms with Crippen LogP contribution in [0.5, 0.6) is 46.0 Å². The van der Waals surface area contributed by atoms with Gasteiger partial charge in [-0.25, -0.2) is 0 Å². The van der Waals surface area contributed by atoms with Crippen LogP contribution in [-0.4, -0.2) is 186 Å². The number of phenols is 3. The number of aliphatic hydroxyl groups excluding tert-OH is 6. The molecule has 5 aromatic carbocycles. The fraction of sp³-hybridized carbons (Fsp3) is 0.424. The molecule has 33 nitrogen and oxygen atoms in total. The molecule has 36 heteroatoms. The number of carboxylic acids is 1. The third-order valence-electron chi connectivity index (χ3n) is 17.9. The van der Waals surface area contributed by atoms with Gasteiger partial charge in [0.2, 0.25) is 47.5 Å². The number of hydrogen-bond acceptors (Lipinski definition) is 25. The number of rotatable bonds is 13. The molecule has 21 N–H and O–H groups in total. The third kappa shape index (κ3) is 16.3. The van der Waals surface area contributed by atoms with Crippen molar-refractivity contribution in [3.63, 3.8) is 0 Å². The van der Waals surface area contributed by atoms with Gasteiger partial charge in [0.1, 0.15) is 89.5 Å². The maximum atomic E-state index is 16.0. The molecule has 2 fully saturated rings. The molecule has 7 amide bonds. The molecule has 12 rings (SSSR count). The molecule has 550 valence electrons. The van der Waals surface area contributed by atoms with Gasteiger partial charge in [-0.3, -0.25) is 33.6 Å². The number of primary amides is 1. The number of fused-ring (bicyclic) bond motifs is 15. The van der Waals surface area contributed by atoms with E-state index in [4.69, 9.17) is 63.1 Å². The average molecular weight is 1490 g/mol.